The molecule has 1 aliphatic rings. The van der Waals surface area contributed by atoms with Gasteiger partial charge in [0.05, 0.1) is 5.69 Å². The van der Waals surface area contributed by atoms with Crippen LogP contribution in [0.15, 0.2) is 18.2 Å². The van der Waals surface area contributed by atoms with E-state index >= 15 is 0 Å². The molecule has 1 aromatic rings. The highest BCUT2D eigenvalue weighted by molar-refractivity contribution is 5.94. The van der Waals surface area contributed by atoms with Crippen molar-refractivity contribution in [3.8, 4) is 11.8 Å². The number of benzene rings is 1. The van der Waals surface area contributed by atoms with Crippen LogP contribution >= 0.6 is 0 Å². The molecule has 0 saturated carbocycles. The van der Waals surface area contributed by atoms with Gasteiger partial charge in [-0.25, -0.2) is 4.39 Å². The van der Waals surface area contributed by atoms with Crippen molar-refractivity contribution in [1.29, 1.82) is 0 Å². The third-order valence-corrected chi connectivity index (χ3v) is 2.87. The van der Waals surface area contributed by atoms with Crippen LogP contribution < -0.4 is 4.90 Å². The Balaban J connectivity index is 2.26. The molecular weight excluding hydrogens is 233 g/mol. The zero-order chi connectivity index (χ0) is 13.0. The number of hydrogen-bond acceptors (Lipinski definition) is 2. The SMILES string of the molecule is O=C1CCCCN1c1ccc(C#CCO)cc1F. The smallest absolute Gasteiger partial charge is 0.227 e. The highest BCUT2D eigenvalue weighted by Crippen LogP contribution is 2.24. The lowest BCUT2D eigenvalue weighted by Gasteiger charge is -2.27. The first-order valence-corrected chi connectivity index (χ1v) is 5.92. The number of piperidine rings is 1. The molecule has 1 aromatic carbocycles. The molecule has 1 amide bonds. The third kappa shape index (κ3) is 2.69. The fraction of sp³-hybridized carbons (Fsp3) is 0.357. The number of carbonyl (C=O) groups excluding carboxylic acids is 1. The number of aliphatic hydroxyl groups excluding tert-OH is 1. The van der Waals surface area contributed by atoms with E-state index in [1.807, 2.05) is 0 Å². The number of hydrogen-bond donors (Lipinski definition) is 1. The van der Waals surface area contributed by atoms with E-state index in [2.05, 4.69) is 11.8 Å². The number of nitrogens with zero attached hydrogens (tertiary/aromatic N) is 1. The maximum Gasteiger partial charge on any atom is 0.227 e. The highest BCUT2D eigenvalue weighted by Gasteiger charge is 2.22. The van der Waals surface area contributed by atoms with Gasteiger partial charge in [0.15, 0.2) is 0 Å². The first-order valence-electron chi connectivity index (χ1n) is 5.92. The second-order valence-electron chi connectivity index (χ2n) is 4.13. The van der Waals surface area contributed by atoms with Crippen molar-refractivity contribution in [2.24, 2.45) is 0 Å². The highest BCUT2D eigenvalue weighted by atomic mass is 19.1. The van der Waals surface area contributed by atoms with E-state index in [1.54, 1.807) is 12.1 Å². The van der Waals surface area contributed by atoms with Gasteiger partial charge in [-0.1, -0.05) is 11.8 Å². The van der Waals surface area contributed by atoms with Gasteiger partial charge in [0.25, 0.3) is 0 Å². The molecule has 18 heavy (non-hydrogen) atoms. The molecule has 0 atom stereocenters. The van der Waals surface area contributed by atoms with Crippen LogP contribution in [0.4, 0.5) is 10.1 Å². The Morgan fingerprint density at radius 1 is 1.39 bits per heavy atom. The van der Waals surface area contributed by atoms with E-state index in [-0.39, 0.29) is 12.5 Å². The van der Waals surface area contributed by atoms with Gasteiger partial charge < -0.3 is 10.0 Å². The van der Waals surface area contributed by atoms with Gasteiger partial charge in [-0.05, 0) is 31.0 Å². The number of rotatable bonds is 1. The Labute approximate surface area is 105 Å². The molecule has 1 saturated heterocycles. The molecule has 1 heterocycles. The lowest BCUT2D eigenvalue weighted by atomic mass is 10.1. The van der Waals surface area contributed by atoms with Gasteiger partial charge in [-0.3, -0.25) is 4.79 Å². The normalized spacial score (nSPS) is 15.2. The standard InChI is InChI=1S/C14H14FNO2/c15-12-10-11(4-3-9-17)6-7-13(12)16-8-2-1-5-14(16)18/h6-7,10,17H,1-2,5,8-9H2. The van der Waals surface area contributed by atoms with Crippen molar-refractivity contribution in [2.75, 3.05) is 18.1 Å². The molecule has 0 radical (unpaired) electrons. The summed E-state index contributed by atoms with van der Waals surface area (Å²) in [6, 6.07) is 4.52. The summed E-state index contributed by atoms with van der Waals surface area (Å²) in [5.74, 6) is 4.61. The van der Waals surface area contributed by atoms with Crippen LogP contribution in [0.3, 0.4) is 0 Å². The van der Waals surface area contributed by atoms with Crippen LogP contribution in [0.2, 0.25) is 0 Å². The maximum atomic E-state index is 13.9. The molecule has 94 valence electrons. The summed E-state index contributed by atoms with van der Waals surface area (Å²) >= 11 is 0. The van der Waals surface area contributed by atoms with Gasteiger partial charge in [0.2, 0.25) is 5.91 Å². The van der Waals surface area contributed by atoms with Crippen LogP contribution in [0.25, 0.3) is 0 Å². The van der Waals surface area contributed by atoms with Crippen molar-refractivity contribution in [3.63, 3.8) is 0 Å². The fourth-order valence-electron chi connectivity index (χ4n) is 2.01. The molecule has 1 fully saturated rings. The quantitative estimate of drug-likeness (QED) is 0.767. The lowest BCUT2D eigenvalue weighted by molar-refractivity contribution is -0.119. The summed E-state index contributed by atoms with van der Waals surface area (Å²) in [4.78, 5) is 13.2. The molecule has 1 N–H and O–H groups in total. The Bertz CT molecular complexity index is 516. The largest absolute Gasteiger partial charge is 0.384 e. The average Bonchev–Trinajstić information content (AvgIpc) is 2.38. The molecule has 0 unspecified atom stereocenters. The zero-order valence-electron chi connectivity index (χ0n) is 9.95. The minimum Gasteiger partial charge on any atom is -0.384 e. The van der Waals surface area contributed by atoms with Gasteiger partial charge in [-0.2, -0.15) is 0 Å². The first-order chi connectivity index (χ1) is 8.72. The predicted molar refractivity (Wildman–Crippen MR) is 66.6 cm³/mol. The molecule has 4 heteroatoms. The zero-order valence-corrected chi connectivity index (χ0v) is 9.95. The van der Waals surface area contributed by atoms with Crippen molar-refractivity contribution >= 4 is 11.6 Å². The van der Waals surface area contributed by atoms with Crippen LogP contribution in [-0.2, 0) is 4.79 Å². The van der Waals surface area contributed by atoms with E-state index in [1.165, 1.54) is 11.0 Å². The van der Waals surface area contributed by atoms with E-state index in [0.717, 1.165) is 12.8 Å². The number of anilines is 1. The van der Waals surface area contributed by atoms with Crippen LogP contribution in [0.5, 0.6) is 0 Å². The number of aliphatic hydroxyl groups is 1. The van der Waals surface area contributed by atoms with E-state index in [4.69, 9.17) is 5.11 Å². The summed E-state index contributed by atoms with van der Waals surface area (Å²) in [6.45, 7) is 0.311. The molecule has 3 nitrogen and oxygen atoms in total. The summed E-state index contributed by atoms with van der Waals surface area (Å²) in [7, 11) is 0. The third-order valence-electron chi connectivity index (χ3n) is 2.87. The lowest BCUT2D eigenvalue weighted by Crippen LogP contribution is -2.35. The molecule has 2 rings (SSSR count). The summed E-state index contributed by atoms with van der Waals surface area (Å²) < 4.78 is 13.9. The van der Waals surface area contributed by atoms with Crippen LogP contribution in [-0.4, -0.2) is 24.2 Å². The Morgan fingerprint density at radius 2 is 2.22 bits per heavy atom. The van der Waals surface area contributed by atoms with E-state index < -0.39 is 5.82 Å². The van der Waals surface area contributed by atoms with Gasteiger partial charge in [0.1, 0.15) is 12.4 Å². The van der Waals surface area contributed by atoms with Gasteiger partial charge in [0, 0.05) is 18.5 Å². The maximum absolute atomic E-state index is 13.9. The fourth-order valence-corrected chi connectivity index (χ4v) is 2.01. The van der Waals surface area contributed by atoms with Gasteiger partial charge >= 0.3 is 0 Å². The summed E-state index contributed by atoms with van der Waals surface area (Å²) in [6.07, 6.45) is 2.25. The van der Waals surface area contributed by atoms with E-state index in [0.29, 0.717) is 24.2 Å². The van der Waals surface area contributed by atoms with Crippen molar-refractivity contribution in [1.82, 2.24) is 0 Å². The van der Waals surface area contributed by atoms with Crippen molar-refractivity contribution in [2.45, 2.75) is 19.3 Å². The molecule has 0 spiro atoms. The second kappa shape index (κ2) is 5.65. The monoisotopic (exact) mass is 247 g/mol. The first kappa shape index (κ1) is 12.6. The van der Waals surface area contributed by atoms with Crippen LogP contribution in [0, 0.1) is 17.7 Å². The topological polar surface area (TPSA) is 40.5 Å². The Kier molecular flexibility index (Phi) is 3.96. The molecule has 0 aliphatic carbocycles. The average molecular weight is 247 g/mol. The van der Waals surface area contributed by atoms with E-state index in [9.17, 15) is 9.18 Å². The predicted octanol–water partition coefficient (Wildman–Crippen LogP) is 1.69. The Hall–Kier alpha value is -1.86. The molecule has 1 aliphatic heterocycles. The molecule has 0 aromatic heterocycles. The minimum atomic E-state index is -0.449. The number of carbonyl (C=O) groups is 1. The van der Waals surface area contributed by atoms with Crippen molar-refractivity contribution in [3.05, 3.63) is 29.6 Å². The second-order valence-corrected chi connectivity index (χ2v) is 4.13. The molecule has 0 bridgehead atoms. The number of amides is 1. The Morgan fingerprint density at radius 3 is 2.89 bits per heavy atom. The summed E-state index contributed by atoms with van der Waals surface area (Å²) in [5.41, 5.74) is 0.809. The number of halogens is 1. The van der Waals surface area contributed by atoms with Crippen molar-refractivity contribution < 1.29 is 14.3 Å². The summed E-state index contributed by atoms with van der Waals surface area (Å²) in [5, 5.41) is 8.57. The van der Waals surface area contributed by atoms with Crippen LogP contribution in [0.1, 0.15) is 24.8 Å². The van der Waals surface area contributed by atoms with Gasteiger partial charge in [-0.15, -0.1) is 0 Å². The minimum absolute atomic E-state index is 0.0330. The molecular formula is C14H14FNO2.